The van der Waals surface area contributed by atoms with Crippen LogP contribution < -0.4 is 5.32 Å². The average molecular weight is 293 g/mol. The number of phenolic OH excluding ortho intramolecular Hbond substituents is 1. The van der Waals surface area contributed by atoms with Crippen LogP contribution in [-0.4, -0.2) is 10.1 Å². The van der Waals surface area contributed by atoms with Gasteiger partial charge in [-0.05, 0) is 46.6 Å². The Bertz CT molecular complexity index is 529. The fourth-order valence-corrected chi connectivity index (χ4v) is 1.88. The summed E-state index contributed by atoms with van der Waals surface area (Å²) in [4.78, 5) is 4.25. The van der Waals surface area contributed by atoms with Gasteiger partial charge in [0.25, 0.3) is 0 Å². The maximum Gasteiger partial charge on any atom is 0.115 e. The number of aryl methyl sites for hydroxylation is 1. The number of nitrogens with one attached hydrogen (secondary N) is 1. The third-order valence-electron chi connectivity index (χ3n) is 2.45. The lowest BCUT2D eigenvalue weighted by Gasteiger charge is -2.09. The van der Waals surface area contributed by atoms with Crippen molar-refractivity contribution >= 4 is 21.6 Å². The van der Waals surface area contributed by atoms with Gasteiger partial charge in [-0.15, -0.1) is 0 Å². The van der Waals surface area contributed by atoms with E-state index in [1.165, 1.54) is 0 Å². The van der Waals surface area contributed by atoms with Crippen molar-refractivity contribution in [3.8, 4) is 5.75 Å². The highest BCUT2D eigenvalue weighted by Gasteiger charge is 2.01. The van der Waals surface area contributed by atoms with Crippen molar-refractivity contribution < 1.29 is 5.11 Å². The molecule has 0 aliphatic rings. The summed E-state index contributed by atoms with van der Waals surface area (Å²) in [5, 5.41) is 12.7. The first-order valence-corrected chi connectivity index (χ1v) is 6.08. The zero-order valence-corrected chi connectivity index (χ0v) is 11.0. The molecule has 0 unspecified atom stereocenters. The predicted octanol–water partition coefficient (Wildman–Crippen LogP) is 3.47. The van der Waals surface area contributed by atoms with Crippen LogP contribution in [0.2, 0.25) is 0 Å². The number of benzene rings is 1. The number of hydrogen-bond acceptors (Lipinski definition) is 3. The Morgan fingerprint density at radius 2 is 2.18 bits per heavy atom. The number of pyridine rings is 1. The molecule has 4 heteroatoms. The maximum atomic E-state index is 9.36. The summed E-state index contributed by atoms with van der Waals surface area (Å²) < 4.78 is 0.946. The molecule has 0 spiro atoms. The van der Waals surface area contributed by atoms with Gasteiger partial charge in [-0.2, -0.15) is 0 Å². The molecule has 0 atom stereocenters. The molecule has 0 bridgehead atoms. The molecule has 17 heavy (non-hydrogen) atoms. The molecule has 2 aromatic rings. The van der Waals surface area contributed by atoms with Crippen molar-refractivity contribution in [2.45, 2.75) is 13.5 Å². The fraction of sp³-hybridized carbons (Fsp3) is 0.154. The number of anilines is 1. The van der Waals surface area contributed by atoms with E-state index in [1.807, 2.05) is 25.1 Å². The summed E-state index contributed by atoms with van der Waals surface area (Å²) in [6.45, 7) is 2.62. The first-order chi connectivity index (χ1) is 8.15. The first-order valence-electron chi connectivity index (χ1n) is 5.29. The maximum absolute atomic E-state index is 9.36. The van der Waals surface area contributed by atoms with Crippen LogP contribution in [0.15, 0.2) is 41.0 Å². The molecule has 1 heterocycles. The van der Waals surface area contributed by atoms with Crippen LogP contribution in [0.1, 0.15) is 11.3 Å². The van der Waals surface area contributed by atoms with E-state index < -0.39 is 0 Å². The third-order valence-corrected chi connectivity index (χ3v) is 2.88. The predicted molar refractivity (Wildman–Crippen MR) is 72.1 cm³/mol. The molecule has 0 amide bonds. The molecule has 0 aliphatic heterocycles. The number of nitrogens with zero attached hydrogens (tertiary/aromatic N) is 1. The molecule has 3 nitrogen and oxygen atoms in total. The third kappa shape index (κ3) is 3.20. The van der Waals surface area contributed by atoms with E-state index in [0.717, 1.165) is 21.4 Å². The van der Waals surface area contributed by atoms with Gasteiger partial charge in [-0.1, -0.05) is 12.1 Å². The van der Waals surface area contributed by atoms with Crippen molar-refractivity contribution in [3.05, 3.63) is 52.3 Å². The van der Waals surface area contributed by atoms with Gasteiger partial charge in [0.1, 0.15) is 5.75 Å². The summed E-state index contributed by atoms with van der Waals surface area (Å²) in [5.74, 6) is 0.286. The summed E-state index contributed by atoms with van der Waals surface area (Å²) >= 11 is 3.39. The Balaban J connectivity index is 2.09. The Kier molecular flexibility index (Phi) is 3.64. The van der Waals surface area contributed by atoms with Crippen molar-refractivity contribution in [3.63, 3.8) is 0 Å². The van der Waals surface area contributed by atoms with Gasteiger partial charge in [0.2, 0.25) is 0 Å². The molecule has 2 N–H and O–H groups in total. The molecule has 2 rings (SSSR count). The van der Waals surface area contributed by atoms with E-state index in [4.69, 9.17) is 0 Å². The van der Waals surface area contributed by atoms with Crippen LogP contribution >= 0.6 is 15.9 Å². The van der Waals surface area contributed by atoms with Crippen molar-refractivity contribution in [1.29, 1.82) is 0 Å². The number of phenols is 1. The number of aromatic hydroxyl groups is 1. The van der Waals surface area contributed by atoms with E-state index in [-0.39, 0.29) is 5.75 Å². The quantitative estimate of drug-likeness (QED) is 0.910. The topological polar surface area (TPSA) is 45.2 Å². The summed E-state index contributed by atoms with van der Waals surface area (Å²) in [6.07, 6.45) is 1.77. The number of halogens is 1. The fourth-order valence-electron chi connectivity index (χ4n) is 1.55. The van der Waals surface area contributed by atoms with E-state index in [1.54, 1.807) is 18.3 Å². The Hall–Kier alpha value is -1.55. The normalized spacial score (nSPS) is 10.2. The Morgan fingerprint density at radius 1 is 1.35 bits per heavy atom. The molecule has 1 aromatic carbocycles. The van der Waals surface area contributed by atoms with Crippen LogP contribution in [0.3, 0.4) is 0 Å². The van der Waals surface area contributed by atoms with Crippen molar-refractivity contribution in [2.75, 3.05) is 5.32 Å². The van der Waals surface area contributed by atoms with E-state index >= 15 is 0 Å². The largest absolute Gasteiger partial charge is 0.508 e. The van der Waals surface area contributed by atoms with Crippen LogP contribution in [0.5, 0.6) is 5.75 Å². The van der Waals surface area contributed by atoms with E-state index in [0.29, 0.717) is 6.54 Å². The minimum Gasteiger partial charge on any atom is -0.508 e. The minimum absolute atomic E-state index is 0.286. The molecule has 88 valence electrons. The number of aromatic nitrogens is 1. The lowest BCUT2D eigenvalue weighted by molar-refractivity contribution is 0.474. The summed E-state index contributed by atoms with van der Waals surface area (Å²) in [6, 6.07) is 9.19. The highest BCUT2D eigenvalue weighted by molar-refractivity contribution is 9.10. The van der Waals surface area contributed by atoms with Crippen molar-refractivity contribution in [2.24, 2.45) is 0 Å². The first kappa shape index (κ1) is 11.9. The Morgan fingerprint density at radius 3 is 2.94 bits per heavy atom. The van der Waals surface area contributed by atoms with Gasteiger partial charge in [0.05, 0.1) is 11.4 Å². The van der Waals surface area contributed by atoms with Gasteiger partial charge in [-0.25, -0.2) is 0 Å². The zero-order chi connectivity index (χ0) is 12.3. The van der Waals surface area contributed by atoms with Gasteiger partial charge in [0.15, 0.2) is 0 Å². The second-order valence-corrected chi connectivity index (χ2v) is 4.73. The smallest absolute Gasteiger partial charge is 0.115 e. The molecular weight excluding hydrogens is 280 g/mol. The highest BCUT2D eigenvalue weighted by atomic mass is 79.9. The van der Waals surface area contributed by atoms with E-state index in [2.05, 4.69) is 26.2 Å². The zero-order valence-electron chi connectivity index (χ0n) is 9.44. The molecule has 0 fully saturated rings. The van der Waals surface area contributed by atoms with Gasteiger partial charge < -0.3 is 10.4 Å². The summed E-state index contributed by atoms with van der Waals surface area (Å²) in [7, 11) is 0. The number of rotatable bonds is 3. The molecule has 0 aliphatic carbocycles. The Labute approximate surface area is 109 Å². The monoisotopic (exact) mass is 292 g/mol. The second-order valence-electron chi connectivity index (χ2n) is 3.81. The van der Waals surface area contributed by atoms with Crippen molar-refractivity contribution in [1.82, 2.24) is 4.98 Å². The molecular formula is C13H13BrN2O. The van der Waals surface area contributed by atoms with Gasteiger partial charge in [0, 0.05) is 17.2 Å². The average Bonchev–Trinajstić information content (AvgIpc) is 2.30. The molecule has 0 radical (unpaired) electrons. The lowest BCUT2D eigenvalue weighted by Crippen LogP contribution is -2.01. The molecule has 0 saturated heterocycles. The molecule has 0 saturated carbocycles. The van der Waals surface area contributed by atoms with Crippen LogP contribution in [-0.2, 0) is 6.54 Å². The summed E-state index contributed by atoms with van der Waals surface area (Å²) in [5.41, 5.74) is 2.97. The van der Waals surface area contributed by atoms with Gasteiger partial charge >= 0.3 is 0 Å². The number of hydrogen-bond donors (Lipinski definition) is 2. The second kappa shape index (κ2) is 5.19. The SMILES string of the molecule is Cc1ncc(Br)cc1NCc1cccc(O)c1. The van der Waals surface area contributed by atoms with Crippen LogP contribution in [0.4, 0.5) is 5.69 Å². The standard InChI is InChI=1S/C13H13BrN2O/c1-9-13(6-11(14)8-15-9)16-7-10-3-2-4-12(17)5-10/h2-6,8,16-17H,7H2,1H3. The lowest BCUT2D eigenvalue weighted by atomic mass is 10.2. The van der Waals surface area contributed by atoms with E-state index in [9.17, 15) is 5.11 Å². The highest BCUT2D eigenvalue weighted by Crippen LogP contribution is 2.19. The molecule has 1 aromatic heterocycles. The van der Waals surface area contributed by atoms with Crippen LogP contribution in [0, 0.1) is 6.92 Å². The van der Waals surface area contributed by atoms with Crippen LogP contribution in [0.25, 0.3) is 0 Å². The van der Waals surface area contributed by atoms with Gasteiger partial charge in [-0.3, -0.25) is 4.98 Å². The minimum atomic E-state index is 0.286.